The summed E-state index contributed by atoms with van der Waals surface area (Å²) in [5.74, 6) is -2.43. The molecule has 1 fully saturated rings. The smallest absolute Gasteiger partial charge is 0.409 e. The molecule has 8 N–H and O–H groups in total. The van der Waals surface area contributed by atoms with Gasteiger partial charge < -0.3 is 66.4 Å². The van der Waals surface area contributed by atoms with Crippen molar-refractivity contribution >= 4 is 102 Å². The molecule has 5 heterocycles. The van der Waals surface area contributed by atoms with Gasteiger partial charge in [-0.1, -0.05) is 54.0 Å². The van der Waals surface area contributed by atoms with E-state index in [4.69, 9.17) is 15.2 Å². The van der Waals surface area contributed by atoms with E-state index in [2.05, 4.69) is 52.4 Å². The number of amides is 10. The minimum atomic E-state index is -0.980. The number of benzene rings is 3. The molecule has 422 valence electrons. The molecule has 4 aromatic rings. The van der Waals surface area contributed by atoms with E-state index in [0.717, 1.165) is 57.4 Å². The Balaban J connectivity index is 0.877. The topological polar surface area (TPSA) is 290 Å². The summed E-state index contributed by atoms with van der Waals surface area (Å²) in [4.78, 5) is 128. The van der Waals surface area contributed by atoms with Gasteiger partial charge in [0, 0.05) is 136 Å². The van der Waals surface area contributed by atoms with E-state index in [1.807, 2.05) is 63.4 Å². The molecule has 0 spiro atoms. The Labute approximate surface area is 465 Å². The summed E-state index contributed by atoms with van der Waals surface area (Å²) in [6.45, 7) is 8.05. The third-order valence-electron chi connectivity index (χ3n) is 14.6. The van der Waals surface area contributed by atoms with E-state index in [1.165, 1.54) is 0 Å². The molecule has 0 unspecified atom stereocenters. The highest BCUT2D eigenvalue weighted by atomic mass is 79.9. The molecule has 0 bridgehead atoms. The maximum atomic E-state index is 14.7. The van der Waals surface area contributed by atoms with Gasteiger partial charge in [0.25, 0.3) is 17.7 Å². The number of hydrogen-bond donors (Lipinski definition) is 7. The molecule has 1 saturated heterocycles. The lowest BCUT2D eigenvalue weighted by Gasteiger charge is -2.31. The lowest BCUT2D eigenvalue weighted by Crippen LogP contribution is -2.55. The number of urea groups is 1. The number of piperazine rings is 1. The lowest BCUT2D eigenvalue weighted by molar-refractivity contribution is -0.137. The molecule has 0 saturated carbocycles. The molecule has 0 radical (unpaired) electrons. The van der Waals surface area contributed by atoms with Gasteiger partial charge in [-0.3, -0.25) is 38.5 Å². The van der Waals surface area contributed by atoms with Crippen LogP contribution in [0.2, 0.25) is 0 Å². The van der Waals surface area contributed by atoms with E-state index in [9.17, 15) is 43.2 Å². The number of likely N-dealkylation sites (N-methyl/N-ethyl adjacent to an activating group) is 1. The number of aromatic amines is 1. The van der Waals surface area contributed by atoms with Gasteiger partial charge in [0.2, 0.25) is 23.6 Å². The minimum absolute atomic E-state index is 0.0222. The number of halogens is 1. The van der Waals surface area contributed by atoms with Crippen molar-refractivity contribution in [2.75, 3.05) is 107 Å². The number of imide groups is 1. The summed E-state index contributed by atoms with van der Waals surface area (Å²) in [6.07, 6.45) is 2.91. The van der Waals surface area contributed by atoms with Crippen LogP contribution < -0.4 is 46.9 Å². The number of nitrogens with two attached hydrogens (primary N) is 1. The van der Waals surface area contributed by atoms with Gasteiger partial charge in [0.15, 0.2) is 0 Å². The predicted molar refractivity (Wildman–Crippen MR) is 299 cm³/mol. The average Bonchev–Trinajstić information content (AvgIpc) is 4.43. The molecule has 3 atom stereocenters. The first-order valence-corrected chi connectivity index (χ1v) is 27.9. The summed E-state index contributed by atoms with van der Waals surface area (Å²) in [5, 5.41) is 17.2. The first-order chi connectivity index (χ1) is 38.0. The van der Waals surface area contributed by atoms with Crippen LogP contribution in [0.1, 0.15) is 67.1 Å². The van der Waals surface area contributed by atoms with Crippen molar-refractivity contribution in [2.24, 2.45) is 11.7 Å². The van der Waals surface area contributed by atoms with E-state index < -0.39 is 41.9 Å². The van der Waals surface area contributed by atoms with Crippen LogP contribution in [0.25, 0.3) is 21.7 Å². The minimum Gasteiger partial charge on any atom is -0.409 e. The second kappa shape index (κ2) is 26.5. The number of primary amides is 1. The molecular weight excluding hydrogens is 1080 g/mol. The van der Waals surface area contributed by atoms with Crippen molar-refractivity contribution in [2.45, 2.75) is 64.0 Å². The van der Waals surface area contributed by atoms with Crippen LogP contribution >= 0.6 is 15.9 Å². The van der Waals surface area contributed by atoms with Crippen molar-refractivity contribution in [3.63, 3.8) is 0 Å². The van der Waals surface area contributed by atoms with Crippen LogP contribution in [0, 0.1) is 5.92 Å². The Morgan fingerprint density at radius 2 is 1.52 bits per heavy atom. The zero-order valence-electron chi connectivity index (χ0n) is 44.7. The molecule has 0 aliphatic carbocycles. The number of nitrogens with zero attached hydrogens (tertiary/aromatic N) is 5. The number of carbonyl (C=O) groups is 9. The van der Waals surface area contributed by atoms with Crippen molar-refractivity contribution in [1.29, 1.82) is 0 Å². The Kier molecular flexibility index (Phi) is 19.4. The van der Waals surface area contributed by atoms with E-state index in [1.54, 1.807) is 20.8 Å². The molecule has 1 aromatic heterocycles. The molecule has 3 aromatic carbocycles. The molecule has 4 aliphatic rings. The number of nitrogens with one attached hydrogen (secondary N) is 6. The molecule has 24 heteroatoms. The standard InChI is InChI=1S/C55H69BrN12O11/c1-33(2)50(60-19-18-58-46(70)16-27-78-28-20-59-45(69)15-22-67-47(71)12-13-48(67)72)51(73)63-40(9-6-17-61-54(57)76)52(74)66-21-14-35-38-29-41(62-39(38)10-11-42(35)66)53(75)68-32-34(31-56)49-37-8-5-4-7-36(37)44(30-43(49)68)79-55(77)65-25-23-64(3)24-26-65/h4-5,7-8,10-13,29-30,33-34,40,50,60,62H,6,9,14-28,31-32H2,1-3H3,(H,58,70)(H,59,69)(H,63,73)(H3,57,61,76)/t34-,40+,50+/m1/s1. The van der Waals surface area contributed by atoms with Crippen LogP contribution in [-0.2, 0) is 39.9 Å². The molecule has 10 amide bonds. The maximum Gasteiger partial charge on any atom is 0.415 e. The quantitative estimate of drug-likeness (QED) is 0.0302. The van der Waals surface area contributed by atoms with Crippen LogP contribution in [0.4, 0.5) is 21.0 Å². The first kappa shape index (κ1) is 57.8. The van der Waals surface area contributed by atoms with Gasteiger partial charge in [-0.2, -0.15) is 0 Å². The van der Waals surface area contributed by atoms with Gasteiger partial charge in [0.1, 0.15) is 17.5 Å². The van der Waals surface area contributed by atoms with Crippen molar-refractivity contribution in [3.8, 4) is 5.75 Å². The van der Waals surface area contributed by atoms with Gasteiger partial charge in [-0.25, -0.2) is 9.59 Å². The number of rotatable bonds is 24. The third-order valence-corrected chi connectivity index (χ3v) is 15.4. The lowest BCUT2D eigenvalue weighted by atomic mass is 9.95. The van der Waals surface area contributed by atoms with Crippen molar-refractivity contribution in [1.82, 2.24) is 46.3 Å². The predicted octanol–water partition coefficient (Wildman–Crippen LogP) is 2.60. The zero-order chi connectivity index (χ0) is 56.3. The average molecular weight is 1150 g/mol. The van der Waals surface area contributed by atoms with Gasteiger partial charge in [0.05, 0.1) is 24.9 Å². The number of carbonyl (C=O) groups excluding carboxylic acids is 9. The summed E-state index contributed by atoms with van der Waals surface area (Å²) in [5.41, 5.74) is 9.57. The van der Waals surface area contributed by atoms with Crippen LogP contribution in [0.15, 0.2) is 60.7 Å². The summed E-state index contributed by atoms with van der Waals surface area (Å²) < 4.78 is 11.6. The number of hydrogen-bond acceptors (Lipinski definition) is 13. The fourth-order valence-electron chi connectivity index (χ4n) is 10.4. The number of ether oxygens (including phenoxy) is 2. The molecule has 8 rings (SSSR count). The third kappa shape index (κ3) is 13.9. The summed E-state index contributed by atoms with van der Waals surface area (Å²) in [6, 6.07) is 12.7. The van der Waals surface area contributed by atoms with Crippen LogP contribution in [0.5, 0.6) is 5.75 Å². The second-order valence-electron chi connectivity index (χ2n) is 20.4. The monoisotopic (exact) mass is 1150 g/mol. The number of anilines is 2. The summed E-state index contributed by atoms with van der Waals surface area (Å²) >= 11 is 3.70. The number of aromatic nitrogens is 1. The highest BCUT2D eigenvalue weighted by Crippen LogP contribution is 2.47. The molecule has 23 nitrogen and oxygen atoms in total. The number of H-pyrrole nitrogens is 1. The van der Waals surface area contributed by atoms with E-state index in [0.29, 0.717) is 72.7 Å². The fraction of sp³-hybridized carbons (Fsp3) is 0.473. The highest BCUT2D eigenvalue weighted by Gasteiger charge is 2.38. The largest absolute Gasteiger partial charge is 0.415 e. The van der Waals surface area contributed by atoms with Gasteiger partial charge in [-0.15, -0.1) is 0 Å². The summed E-state index contributed by atoms with van der Waals surface area (Å²) in [7, 11) is 2.02. The van der Waals surface area contributed by atoms with Crippen molar-refractivity contribution < 1.29 is 52.6 Å². The van der Waals surface area contributed by atoms with Gasteiger partial charge in [-0.05, 0) is 66.9 Å². The van der Waals surface area contributed by atoms with E-state index >= 15 is 0 Å². The fourth-order valence-corrected chi connectivity index (χ4v) is 11.0. The maximum absolute atomic E-state index is 14.7. The number of alkyl halides is 1. The zero-order valence-corrected chi connectivity index (χ0v) is 46.3. The highest BCUT2D eigenvalue weighted by molar-refractivity contribution is 9.09. The Morgan fingerprint density at radius 1 is 0.797 bits per heavy atom. The Hall–Kier alpha value is -7.41. The molecule has 4 aliphatic heterocycles. The normalized spacial score (nSPS) is 16.8. The SMILES string of the molecule is CC(C)[C@H](NCCNC(=O)CCOCCNC(=O)CCN1C(=O)C=CC1=O)C(=O)N[C@@H](CCCNC(N)=O)C(=O)N1CCc2c1ccc1[nH]c(C(=O)N3C[C@@H](CBr)c4c3cc(OC(=O)N3CCN(C)CC3)c3ccccc43)cc21. The van der Waals surface area contributed by atoms with Crippen LogP contribution in [-0.4, -0.2) is 183 Å². The second-order valence-corrected chi connectivity index (χ2v) is 21.0. The molecule has 79 heavy (non-hydrogen) atoms. The first-order valence-electron chi connectivity index (χ1n) is 26.8. The Bertz CT molecular complexity index is 2990. The molecular formula is C55H69BrN12O11. The van der Waals surface area contributed by atoms with Crippen LogP contribution in [0.3, 0.4) is 0 Å². The number of fused-ring (bicyclic) bond motifs is 6. The van der Waals surface area contributed by atoms with E-state index in [-0.39, 0.29) is 101 Å². The van der Waals surface area contributed by atoms with Crippen molar-refractivity contribution in [3.05, 3.63) is 77.5 Å². The Morgan fingerprint density at radius 3 is 2.24 bits per heavy atom. The van der Waals surface area contributed by atoms with Gasteiger partial charge >= 0.3 is 12.1 Å².